The maximum atomic E-state index is 13.3. The molecule has 0 bridgehead atoms. The average molecular weight is 474 g/mol. The zero-order chi connectivity index (χ0) is 24.5. The number of hydrogen-bond donors (Lipinski definition) is 3. The molecule has 3 aromatic rings. The Morgan fingerprint density at radius 1 is 0.971 bits per heavy atom. The number of aromatic hydroxyl groups is 1. The van der Waals surface area contributed by atoms with Crippen molar-refractivity contribution in [3.63, 3.8) is 0 Å². The third-order valence-corrected chi connectivity index (χ3v) is 7.42. The van der Waals surface area contributed by atoms with Crippen molar-refractivity contribution in [1.82, 2.24) is 10.2 Å². The quantitative estimate of drug-likeness (QED) is 0.508. The van der Waals surface area contributed by atoms with Crippen LogP contribution in [0.15, 0.2) is 60.7 Å². The summed E-state index contributed by atoms with van der Waals surface area (Å²) in [6.07, 6.45) is 1.00. The van der Waals surface area contributed by atoms with Crippen molar-refractivity contribution in [2.75, 3.05) is 25.0 Å². The third-order valence-electron chi connectivity index (χ3n) is 7.42. The van der Waals surface area contributed by atoms with Crippen LogP contribution in [-0.4, -0.2) is 53.1 Å². The smallest absolute Gasteiger partial charge is 0.227 e. The van der Waals surface area contributed by atoms with Crippen LogP contribution in [-0.2, 0) is 9.59 Å². The summed E-state index contributed by atoms with van der Waals surface area (Å²) in [5.41, 5.74) is 2.61. The number of rotatable bonds is 6. The van der Waals surface area contributed by atoms with Gasteiger partial charge in [-0.15, -0.1) is 0 Å². The molecule has 182 valence electrons. The molecule has 2 atom stereocenters. The summed E-state index contributed by atoms with van der Waals surface area (Å²) in [6, 6.07) is 19.0. The lowest BCUT2D eigenvalue weighted by molar-refractivity contribution is -0.125. The standard InChI is InChI=1S/C28H31N3O4/c1-29-24(33)12-13-25(34)31(22-10-2-3-11-23(22)32)19-14-16-30(17-15-19)27-20-8-4-6-18-7-5-9-21(26(18)20)28(27)35/h2-11,19,27-28,32,35H,12-17H2,1H3,(H,29,33)/t27-,28-/m0/s1. The molecule has 1 heterocycles. The fraction of sp³-hybridized carbons (Fsp3) is 0.357. The normalized spacial score (nSPS) is 20.2. The van der Waals surface area contributed by atoms with E-state index in [1.54, 1.807) is 36.2 Å². The summed E-state index contributed by atoms with van der Waals surface area (Å²) in [6.45, 7) is 1.42. The molecule has 7 heteroatoms. The van der Waals surface area contributed by atoms with E-state index in [9.17, 15) is 19.8 Å². The molecule has 1 aliphatic heterocycles. The summed E-state index contributed by atoms with van der Waals surface area (Å²) in [5.74, 6) is -0.308. The molecule has 7 nitrogen and oxygen atoms in total. The van der Waals surface area contributed by atoms with Crippen LogP contribution in [0.5, 0.6) is 5.75 Å². The highest BCUT2D eigenvalue weighted by atomic mass is 16.3. The average Bonchev–Trinajstić information content (AvgIpc) is 3.17. The molecular weight excluding hydrogens is 442 g/mol. The highest BCUT2D eigenvalue weighted by Gasteiger charge is 2.39. The van der Waals surface area contributed by atoms with E-state index >= 15 is 0 Å². The number of aliphatic hydroxyl groups is 1. The van der Waals surface area contributed by atoms with Gasteiger partial charge in [-0.1, -0.05) is 48.5 Å². The van der Waals surface area contributed by atoms with Crippen molar-refractivity contribution in [2.45, 2.75) is 43.9 Å². The summed E-state index contributed by atoms with van der Waals surface area (Å²) in [5, 5.41) is 26.6. The first kappa shape index (κ1) is 23.3. The van der Waals surface area contributed by atoms with Gasteiger partial charge in [0.1, 0.15) is 5.75 Å². The van der Waals surface area contributed by atoms with E-state index in [-0.39, 0.29) is 42.5 Å². The maximum Gasteiger partial charge on any atom is 0.227 e. The van der Waals surface area contributed by atoms with Crippen LogP contribution in [0.25, 0.3) is 10.8 Å². The number of carbonyl (C=O) groups is 2. The van der Waals surface area contributed by atoms with E-state index in [1.807, 2.05) is 18.2 Å². The van der Waals surface area contributed by atoms with Gasteiger partial charge in [0.05, 0.1) is 17.8 Å². The lowest BCUT2D eigenvalue weighted by atomic mass is 9.96. The van der Waals surface area contributed by atoms with Gasteiger partial charge in [-0.05, 0) is 46.9 Å². The number of para-hydroxylation sites is 2. The number of benzene rings is 3. The number of aliphatic hydroxyl groups excluding tert-OH is 1. The Morgan fingerprint density at radius 2 is 1.66 bits per heavy atom. The largest absolute Gasteiger partial charge is 0.506 e. The van der Waals surface area contributed by atoms with Crippen LogP contribution in [0.4, 0.5) is 5.69 Å². The van der Waals surface area contributed by atoms with Crippen molar-refractivity contribution in [2.24, 2.45) is 0 Å². The Morgan fingerprint density at radius 3 is 2.34 bits per heavy atom. The summed E-state index contributed by atoms with van der Waals surface area (Å²) in [4.78, 5) is 29.0. The highest BCUT2D eigenvalue weighted by Crippen LogP contribution is 2.47. The molecule has 2 aliphatic rings. The van der Waals surface area contributed by atoms with Gasteiger partial charge in [0.2, 0.25) is 11.8 Å². The minimum atomic E-state index is -0.587. The van der Waals surface area contributed by atoms with Gasteiger partial charge in [-0.2, -0.15) is 0 Å². The fourth-order valence-electron chi connectivity index (χ4n) is 5.72. The molecule has 0 radical (unpaired) electrons. The second-order valence-corrected chi connectivity index (χ2v) is 9.38. The zero-order valence-electron chi connectivity index (χ0n) is 19.9. The number of nitrogens with zero attached hydrogens (tertiary/aromatic N) is 2. The third kappa shape index (κ3) is 4.26. The van der Waals surface area contributed by atoms with Gasteiger partial charge >= 0.3 is 0 Å². The van der Waals surface area contributed by atoms with Crippen molar-refractivity contribution >= 4 is 28.3 Å². The Balaban J connectivity index is 1.36. The Labute approximate surface area is 205 Å². The van der Waals surface area contributed by atoms with Crippen LogP contribution in [0.3, 0.4) is 0 Å². The second kappa shape index (κ2) is 9.68. The second-order valence-electron chi connectivity index (χ2n) is 9.38. The zero-order valence-corrected chi connectivity index (χ0v) is 19.9. The van der Waals surface area contributed by atoms with E-state index < -0.39 is 6.10 Å². The van der Waals surface area contributed by atoms with Crippen molar-refractivity contribution in [3.8, 4) is 5.75 Å². The van der Waals surface area contributed by atoms with Crippen molar-refractivity contribution < 1.29 is 19.8 Å². The number of nitrogens with one attached hydrogen (secondary N) is 1. The SMILES string of the molecule is CNC(=O)CCC(=O)N(c1ccccc1O)C1CCN([C@H]2c3cccc4cccc(c34)[C@@H]2O)CC1. The molecule has 3 aromatic carbocycles. The predicted octanol–water partition coefficient (Wildman–Crippen LogP) is 3.66. The van der Waals surface area contributed by atoms with Gasteiger partial charge in [-0.3, -0.25) is 14.5 Å². The number of likely N-dealkylation sites (tertiary alicyclic amines) is 1. The Hall–Kier alpha value is -3.42. The van der Waals surface area contributed by atoms with Crippen LogP contribution in [0.2, 0.25) is 0 Å². The first-order chi connectivity index (χ1) is 17.0. The minimum absolute atomic E-state index is 0.0524. The van der Waals surface area contributed by atoms with E-state index in [0.717, 1.165) is 21.9 Å². The number of piperidine rings is 1. The van der Waals surface area contributed by atoms with Crippen LogP contribution >= 0.6 is 0 Å². The molecule has 0 unspecified atom stereocenters. The highest BCUT2D eigenvalue weighted by molar-refractivity contribution is 5.97. The molecule has 2 amide bonds. The van der Waals surface area contributed by atoms with Crippen LogP contribution in [0, 0.1) is 0 Å². The van der Waals surface area contributed by atoms with Crippen molar-refractivity contribution in [3.05, 3.63) is 71.8 Å². The van der Waals surface area contributed by atoms with Gasteiger partial charge < -0.3 is 20.4 Å². The molecule has 0 spiro atoms. The van der Waals surface area contributed by atoms with Gasteiger partial charge in [0.15, 0.2) is 0 Å². The minimum Gasteiger partial charge on any atom is -0.506 e. The summed E-state index contributed by atoms with van der Waals surface area (Å²) < 4.78 is 0. The molecule has 1 saturated heterocycles. The van der Waals surface area contributed by atoms with E-state index in [4.69, 9.17) is 0 Å². The van der Waals surface area contributed by atoms with E-state index in [1.165, 1.54) is 0 Å². The van der Waals surface area contributed by atoms with Crippen molar-refractivity contribution in [1.29, 1.82) is 0 Å². The van der Waals surface area contributed by atoms with Gasteiger partial charge in [-0.25, -0.2) is 0 Å². The van der Waals surface area contributed by atoms with Crippen LogP contribution in [0.1, 0.15) is 49.0 Å². The topological polar surface area (TPSA) is 93.1 Å². The van der Waals surface area contributed by atoms with Gasteiger partial charge in [0, 0.05) is 39.0 Å². The number of carbonyl (C=O) groups excluding carboxylic acids is 2. The van der Waals surface area contributed by atoms with E-state index in [0.29, 0.717) is 31.6 Å². The first-order valence-corrected chi connectivity index (χ1v) is 12.2. The fourth-order valence-corrected chi connectivity index (χ4v) is 5.72. The monoisotopic (exact) mass is 473 g/mol. The number of phenols is 1. The number of phenolic OH excluding ortho intramolecular Hbond substituents is 1. The number of hydrogen-bond acceptors (Lipinski definition) is 5. The first-order valence-electron chi connectivity index (χ1n) is 12.2. The molecule has 1 fully saturated rings. The maximum absolute atomic E-state index is 13.3. The van der Waals surface area contributed by atoms with E-state index in [2.05, 4.69) is 28.4 Å². The molecule has 0 saturated carbocycles. The van der Waals surface area contributed by atoms with Crippen LogP contribution < -0.4 is 10.2 Å². The molecule has 0 aromatic heterocycles. The van der Waals surface area contributed by atoms with Gasteiger partial charge in [0.25, 0.3) is 0 Å². The Kier molecular flexibility index (Phi) is 6.45. The molecule has 3 N–H and O–H groups in total. The molecule has 5 rings (SSSR count). The number of amides is 2. The predicted molar refractivity (Wildman–Crippen MR) is 135 cm³/mol. The summed E-state index contributed by atoms with van der Waals surface area (Å²) >= 11 is 0. The molecular formula is C28H31N3O4. The molecule has 35 heavy (non-hydrogen) atoms. The summed E-state index contributed by atoms with van der Waals surface area (Å²) in [7, 11) is 1.56. The lowest BCUT2D eigenvalue weighted by Gasteiger charge is -2.42. The lowest BCUT2D eigenvalue weighted by Crippen LogP contribution is -2.49. The molecule has 1 aliphatic carbocycles. The Bertz CT molecular complexity index is 1250. The number of anilines is 1.